The fourth-order valence-corrected chi connectivity index (χ4v) is 4.61. The van der Waals surface area contributed by atoms with E-state index in [0.29, 0.717) is 24.0 Å². The highest BCUT2D eigenvalue weighted by Gasteiger charge is 2.66. The summed E-state index contributed by atoms with van der Waals surface area (Å²) in [6, 6.07) is 3.63. The van der Waals surface area contributed by atoms with Crippen LogP contribution in [0, 0.1) is 11.8 Å². The van der Waals surface area contributed by atoms with E-state index in [1.54, 1.807) is 28.8 Å². The number of hydrogen-bond acceptors (Lipinski definition) is 6. The van der Waals surface area contributed by atoms with Gasteiger partial charge in [0.1, 0.15) is 11.4 Å². The maximum absolute atomic E-state index is 13.0. The first-order chi connectivity index (χ1) is 12.2. The average Bonchev–Trinajstić information content (AvgIpc) is 3.37. The van der Waals surface area contributed by atoms with Crippen molar-refractivity contribution in [2.45, 2.75) is 18.2 Å². The molecule has 2 saturated heterocycles. The number of carbonyl (C=O) groups is 2. The second-order valence-electron chi connectivity index (χ2n) is 6.50. The minimum Gasteiger partial charge on any atom is -0.467 e. The quantitative estimate of drug-likeness (QED) is 0.841. The Bertz CT molecular complexity index is 847. The Kier molecular flexibility index (Phi) is 3.13. The van der Waals surface area contributed by atoms with Crippen LogP contribution < -0.4 is 5.32 Å². The van der Waals surface area contributed by atoms with Gasteiger partial charge in [0.25, 0.3) is 0 Å². The number of amides is 2. The van der Waals surface area contributed by atoms with Crippen molar-refractivity contribution < 1.29 is 18.7 Å². The summed E-state index contributed by atoms with van der Waals surface area (Å²) in [5.74, 6) is -0.612. The van der Waals surface area contributed by atoms with E-state index in [4.69, 9.17) is 9.15 Å². The molecule has 7 nitrogen and oxygen atoms in total. The molecule has 25 heavy (non-hydrogen) atoms. The lowest BCUT2D eigenvalue weighted by atomic mass is 9.77. The molecule has 3 aliphatic rings. The topological polar surface area (TPSA) is 84.7 Å². The molecular weight excluding hydrogens is 342 g/mol. The van der Waals surface area contributed by atoms with E-state index >= 15 is 0 Å². The standard InChI is InChI=1S/C17H15N3O4S/c21-14(19-16-18-5-7-25-16)12-11-3-4-17(24-11)9-20(15(22)13(12)17)8-10-2-1-6-23-10/h1-7,11-13H,8-9H2,(H,18,19,21)/t11-,12?,13?,17?/m0/s1. The molecule has 0 saturated carbocycles. The summed E-state index contributed by atoms with van der Waals surface area (Å²) < 4.78 is 11.4. The summed E-state index contributed by atoms with van der Waals surface area (Å²) in [5.41, 5.74) is -0.709. The van der Waals surface area contributed by atoms with Gasteiger partial charge in [0.15, 0.2) is 5.13 Å². The molecule has 3 unspecified atom stereocenters. The first-order valence-electron chi connectivity index (χ1n) is 8.05. The molecule has 0 aliphatic carbocycles. The molecule has 0 radical (unpaired) electrons. The Morgan fingerprint density at radius 2 is 2.44 bits per heavy atom. The highest BCUT2D eigenvalue weighted by Crippen LogP contribution is 2.52. The number of hydrogen-bond donors (Lipinski definition) is 1. The van der Waals surface area contributed by atoms with Crippen LogP contribution in [0.4, 0.5) is 5.13 Å². The van der Waals surface area contributed by atoms with Gasteiger partial charge < -0.3 is 19.4 Å². The Hall–Kier alpha value is -2.45. The van der Waals surface area contributed by atoms with Crippen molar-refractivity contribution in [1.82, 2.24) is 9.88 Å². The zero-order chi connectivity index (χ0) is 17.0. The predicted octanol–water partition coefficient (Wildman–Crippen LogP) is 1.66. The Morgan fingerprint density at radius 1 is 1.52 bits per heavy atom. The van der Waals surface area contributed by atoms with E-state index in [-0.39, 0.29) is 17.9 Å². The molecule has 2 aromatic heterocycles. The molecule has 0 aromatic carbocycles. The largest absolute Gasteiger partial charge is 0.467 e. The second-order valence-corrected chi connectivity index (χ2v) is 7.39. The number of aromatic nitrogens is 1. The molecule has 128 valence electrons. The van der Waals surface area contributed by atoms with E-state index in [1.165, 1.54) is 11.3 Å². The van der Waals surface area contributed by atoms with Crippen LogP contribution in [-0.2, 0) is 20.9 Å². The number of fused-ring (bicyclic) bond motifs is 1. The van der Waals surface area contributed by atoms with Crippen LogP contribution in [0.2, 0.25) is 0 Å². The maximum Gasteiger partial charge on any atom is 0.233 e. The number of ether oxygens (including phenoxy) is 1. The number of nitrogens with zero attached hydrogens (tertiary/aromatic N) is 2. The summed E-state index contributed by atoms with van der Waals surface area (Å²) >= 11 is 1.35. The molecule has 8 heteroatoms. The highest BCUT2D eigenvalue weighted by molar-refractivity contribution is 7.13. The number of rotatable bonds is 4. The summed E-state index contributed by atoms with van der Waals surface area (Å²) in [6.45, 7) is 0.817. The van der Waals surface area contributed by atoms with Gasteiger partial charge in [0, 0.05) is 11.6 Å². The predicted molar refractivity (Wildman–Crippen MR) is 88.6 cm³/mol. The van der Waals surface area contributed by atoms with Gasteiger partial charge in [-0.1, -0.05) is 12.2 Å². The minimum absolute atomic E-state index is 0.0671. The molecule has 2 amide bonds. The van der Waals surface area contributed by atoms with Crippen LogP contribution in [0.3, 0.4) is 0 Å². The third-order valence-corrected chi connectivity index (χ3v) is 5.76. The van der Waals surface area contributed by atoms with E-state index in [1.807, 2.05) is 18.2 Å². The number of furan rings is 1. The summed E-state index contributed by atoms with van der Waals surface area (Å²) in [4.78, 5) is 31.5. The van der Waals surface area contributed by atoms with Crippen molar-refractivity contribution in [3.05, 3.63) is 47.9 Å². The summed E-state index contributed by atoms with van der Waals surface area (Å²) in [7, 11) is 0. The molecule has 2 bridgehead atoms. The van der Waals surface area contributed by atoms with Crippen molar-refractivity contribution in [2.24, 2.45) is 11.8 Å². The van der Waals surface area contributed by atoms with Gasteiger partial charge in [-0.25, -0.2) is 4.98 Å². The molecule has 2 aromatic rings. The summed E-state index contributed by atoms with van der Waals surface area (Å²) in [5, 5.41) is 5.13. The lowest BCUT2D eigenvalue weighted by molar-refractivity contribution is -0.136. The van der Waals surface area contributed by atoms with Crippen LogP contribution in [0.25, 0.3) is 0 Å². The first-order valence-corrected chi connectivity index (χ1v) is 8.93. The van der Waals surface area contributed by atoms with Gasteiger partial charge in [-0.3, -0.25) is 9.59 Å². The van der Waals surface area contributed by atoms with Crippen molar-refractivity contribution in [2.75, 3.05) is 11.9 Å². The molecular formula is C17H15N3O4S. The van der Waals surface area contributed by atoms with Gasteiger partial charge in [-0.2, -0.15) is 0 Å². The number of likely N-dealkylation sites (tertiary alicyclic amines) is 1. The Labute approximate surface area is 147 Å². The van der Waals surface area contributed by atoms with Crippen molar-refractivity contribution in [1.29, 1.82) is 0 Å². The monoisotopic (exact) mass is 357 g/mol. The highest BCUT2D eigenvalue weighted by atomic mass is 32.1. The third-order valence-electron chi connectivity index (χ3n) is 5.07. The van der Waals surface area contributed by atoms with E-state index < -0.39 is 17.4 Å². The first kappa shape index (κ1) is 14.9. The van der Waals surface area contributed by atoms with Gasteiger partial charge in [-0.05, 0) is 12.1 Å². The minimum atomic E-state index is -0.709. The smallest absolute Gasteiger partial charge is 0.233 e. The lowest BCUT2D eigenvalue weighted by Crippen LogP contribution is -2.41. The number of nitrogens with one attached hydrogen (secondary N) is 1. The third kappa shape index (κ3) is 2.17. The Morgan fingerprint density at radius 3 is 3.20 bits per heavy atom. The zero-order valence-corrected chi connectivity index (χ0v) is 13.9. The van der Waals surface area contributed by atoms with Gasteiger partial charge >= 0.3 is 0 Å². The van der Waals surface area contributed by atoms with Crippen LogP contribution in [-0.4, -0.2) is 39.9 Å². The molecule has 1 N–H and O–H groups in total. The fraction of sp³-hybridized carbons (Fsp3) is 0.353. The lowest BCUT2D eigenvalue weighted by Gasteiger charge is -2.23. The van der Waals surface area contributed by atoms with E-state index in [0.717, 1.165) is 0 Å². The van der Waals surface area contributed by atoms with Gasteiger partial charge in [0.05, 0.1) is 37.3 Å². The molecule has 5 heterocycles. The summed E-state index contributed by atoms with van der Waals surface area (Å²) in [6.07, 6.45) is 6.69. The van der Waals surface area contributed by atoms with Gasteiger partial charge in [-0.15, -0.1) is 11.3 Å². The molecule has 4 atom stereocenters. The SMILES string of the molecule is O=C(Nc1nccs1)C1C2C(=O)N(Cc3ccco3)CC23C=C[C@@H]1O3. The van der Waals surface area contributed by atoms with Crippen LogP contribution >= 0.6 is 11.3 Å². The van der Waals surface area contributed by atoms with Crippen molar-refractivity contribution in [3.63, 3.8) is 0 Å². The number of thiazole rings is 1. The molecule has 2 fully saturated rings. The van der Waals surface area contributed by atoms with Crippen LogP contribution in [0.5, 0.6) is 0 Å². The van der Waals surface area contributed by atoms with Gasteiger partial charge in [0.2, 0.25) is 11.8 Å². The van der Waals surface area contributed by atoms with Crippen molar-refractivity contribution >= 4 is 28.3 Å². The maximum atomic E-state index is 13.0. The molecule has 3 aliphatic heterocycles. The number of carbonyl (C=O) groups excluding carboxylic acids is 2. The molecule has 1 spiro atoms. The number of anilines is 1. The fourth-order valence-electron chi connectivity index (χ4n) is 4.08. The normalized spacial score (nSPS) is 32.4. The average molecular weight is 357 g/mol. The Balaban J connectivity index is 1.41. The van der Waals surface area contributed by atoms with E-state index in [2.05, 4.69) is 10.3 Å². The van der Waals surface area contributed by atoms with Crippen LogP contribution in [0.1, 0.15) is 5.76 Å². The van der Waals surface area contributed by atoms with Crippen molar-refractivity contribution in [3.8, 4) is 0 Å². The van der Waals surface area contributed by atoms with Crippen LogP contribution in [0.15, 0.2) is 46.5 Å². The second kappa shape index (κ2) is 5.27. The molecule has 5 rings (SSSR count). The van der Waals surface area contributed by atoms with E-state index in [9.17, 15) is 9.59 Å². The zero-order valence-electron chi connectivity index (χ0n) is 13.1.